The number of hydrogen-bond acceptors (Lipinski definition) is 2. The van der Waals surface area contributed by atoms with Gasteiger partial charge in [0.2, 0.25) is 0 Å². The van der Waals surface area contributed by atoms with E-state index in [0.29, 0.717) is 6.54 Å². The van der Waals surface area contributed by atoms with E-state index in [1.807, 2.05) is 0 Å². The van der Waals surface area contributed by atoms with E-state index < -0.39 is 11.7 Å². The van der Waals surface area contributed by atoms with Gasteiger partial charge in [0.05, 0.1) is 5.56 Å². The van der Waals surface area contributed by atoms with Crippen molar-refractivity contribution < 1.29 is 13.2 Å². The van der Waals surface area contributed by atoms with Crippen LogP contribution in [0.3, 0.4) is 0 Å². The van der Waals surface area contributed by atoms with Gasteiger partial charge in [-0.25, -0.2) is 0 Å². The predicted octanol–water partition coefficient (Wildman–Crippen LogP) is 3.44. The summed E-state index contributed by atoms with van der Waals surface area (Å²) in [6.07, 6.45) is -2.34. The van der Waals surface area contributed by atoms with Crippen LogP contribution in [0.25, 0.3) is 0 Å². The second-order valence-electron chi connectivity index (χ2n) is 5.39. The third kappa shape index (κ3) is 3.15. The zero-order valence-electron chi connectivity index (χ0n) is 11.7. The molecule has 1 aromatic rings. The second kappa shape index (κ2) is 6.14. The minimum atomic E-state index is -4.29. The van der Waals surface area contributed by atoms with E-state index in [-0.39, 0.29) is 12.0 Å². The van der Waals surface area contributed by atoms with Crippen LogP contribution in [0.1, 0.15) is 36.9 Å². The largest absolute Gasteiger partial charge is 0.416 e. The third-order valence-corrected chi connectivity index (χ3v) is 4.00. The molecule has 0 bridgehead atoms. The fraction of sp³-hybridized carbons (Fsp3) is 0.600. The van der Waals surface area contributed by atoms with Crippen LogP contribution in [0.5, 0.6) is 0 Å². The number of halogens is 3. The lowest BCUT2D eigenvalue weighted by Gasteiger charge is -2.28. The molecule has 2 rings (SSSR count). The van der Waals surface area contributed by atoms with Crippen molar-refractivity contribution in [2.24, 2.45) is 11.7 Å². The number of likely N-dealkylation sites (tertiary alicyclic amines) is 1. The van der Waals surface area contributed by atoms with Gasteiger partial charge < -0.3 is 5.73 Å². The molecule has 0 spiro atoms. The van der Waals surface area contributed by atoms with Crippen molar-refractivity contribution in [3.63, 3.8) is 0 Å². The van der Waals surface area contributed by atoms with Crippen LogP contribution in [0.2, 0.25) is 0 Å². The zero-order valence-corrected chi connectivity index (χ0v) is 11.7. The Bertz CT molecular complexity index is 445. The first kappa shape index (κ1) is 15.3. The minimum absolute atomic E-state index is 0.0160. The molecule has 1 aromatic carbocycles. The summed E-state index contributed by atoms with van der Waals surface area (Å²) in [5.74, 6) is 0.241. The van der Waals surface area contributed by atoms with Crippen molar-refractivity contribution in [2.45, 2.75) is 32.0 Å². The summed E-state index contributed by atoms with van der Waals surface area (Å²) in [5.41, 5.74) is 5.96. The maximum absolute atomic E-state index is 12.8. The smallest absolute Gasteiger partial charge is 0.330 e. The van der Waals surface area contributed by atoms with E-state index in [2.05, 4.69) is 11.8 Å². The van der Waals surface area contributed by atoms with Crippen LogP contribution in [0.4, 0.5) is 13.2 Å². The lowest BCUT2D eigenvalue weighted by Crippen LogP contribution is -2.29. The molecule has 2 nitrogen and oxygen atoms in total. The summed E-state index contributed by atoms with van der Waals surface area (Å²) in [4.78, 5) is 2.26. The molecule has 0 aliphatic carbocycles. The average Bonchev–Trinajstić information content (AvgIpc) is 2.81. The minimum Gasteiger partial charge on any atom is -0.330 e. The van der Waals surface area contributed by atoms with Gasteiger partial charge in [-0.15, -0.1) is 0 Å². The van der Waals surface area contributed by atoms with Crippen molar-refractivity contribution >= 4 is 0 Å². The van der Waals surface area contributed by atoms with Crippen LogP contribution in [0.15, 0.2) is 24.3 Å². The molecular weight excluding hydrogens is 265 g/mol. The van der Waals surface area contributed by atoms with Crippen molar-refractivity contribution in [2.75, 3.05) is 19.6 Å². The fourth-order valence-corrected chi connectivity index (χ4v) is 3.09. The van der Waals surface area contributed by atoms with Crippen molar-refractivity contribution in [3.05, 3.63) is 35.4 Å². The SMILES string of the molecule is CCCN1CCC(CN)C1c1cccc(C(F)(F)F)c1. The molecule has 5 heteroatoms. The normalized spacial score (nSPS) is 24.2. The molecule has 1 heterocycles. The number of benzene rings is 1. The average molecular weight is 286 g/mol. The molecule has 2 N–H and O–H groups in total. The molecule has 112 valence electrons. The molecule has 20 heavy (non-hydrogen) atoms. The van der Waals surface area contributed by atoms with E-state index >= 15 is 0 Å². The lowest BCUT2D eigenvalue weighted by atomic mass is 9.92. The number of hydrogen-bond donors (Lipinski definition) is 1. The first-order valence-corrected chi connectivity index (χ1v) is 7.08. The van der Waals surface area contributed by atoms with Gasteiger partial charge in [-0.3, -0.25) is 4.90 Å². The Hall–Kier alpha value is -1.07. The molecule has 0 radical (unpaired) electrons. The van der Waals surface area contributed by atoms with Gasteiger partial charge >= 0.3 is 6.18 Å². The van der Waals surface area contributed by atoms with Crippen LogP contribution in [0, 0.1) is 5.92 Å². The van der Waals surface area contributed by atoms with E-state index in [1.54, 1.807) is 6.07 Å². The number of alkyl halides is 3. The fourth-order valence-electron chi connectivity index (χ4n) is 3.09. The maximum atomic E-state index is 12.8. The van der Waals surface area contributed by atoms with Crippen molar-refractivity contribution in [1.82, 2.24) is 4.90 Å². The molecule has 0 saturated carbocycles. The van der Waals surface area contributed by atoms with Gasteiger partial charge in [0.15, 0.2) is 0 Å². The van der Waals surface area contributed by atoms with Gasteiger partial charge in [0, 0.05) is 6.04 Å². The molecule has 2 unspecified atom stereocenters. The van der Waals surface area contributed by atoms with Crippen LogP contribution < -0.4 is 5.73 Å². The number of nitrogens with zero attached hydrogens (tertiary/aromatic N) is 1. The standard InChI is InChI=1S/C15H21F3N2/c1-2-7-20-8-6-12(10-19)14(20)11-4-3-5-13(9-11)15(16,17)18/h3-5,9,12,14H,2,6-8,10,19H2,1H3. The van der Waals surface area contributed by atoms with Crippen molar-refractivity contribution in [1.29, 1.82) is 0 Å². The molecular formula is C15H21F3N2. The Morgan fingerprint density at radius 2 is 2.10 bits per heavy atom. The highest BCUT2D eigenvalue weighted by Gasteiger charge is 2.36. The van der Waals surface area contributed by atoms with E-state index in [4.69, 9.17) is 5.73 Å². The highest BCUT2D eigenvalue weighted by molar-refractivity contribution is 5.29. The molecule has 2 atom stereocenters. The van der Waals surface area contributed by atoms with Crippen LogP contribution in [-0.2, 0) is 6.18 Å². The third-order valence-electron chi connectivity index (χ3n) is 4.00. The van der Waals surface area contributed by atoms with Gasteiger partial charge in [-0.1, -0.05) is 19.1 Å². The highest BCUT2D eigenvalue weighted by Crippen LogP contribution is 2.39. The summed E-state index contributed by atoms with van der Waals surface area (Å²) < 4.78 is 38.5. The Labute approximate surface area is 117 Å². The maximum Gasteiger partial charge on any atom is 0.416 e. The van der Waals surface area contributed by atoms with E-state index in [0.717, 1.165) is 37.6 Å². The zero-order chi connectivity index (χ0) is 14.8. The molecule has 0 amide bonds. The Morgan fingerprint density at radius 1 is 1.35 bits per heavy atom. The molecule has 0 aromatic heterocycles. The second-order valence-corrected chi connectivity index (χ2v) is 5.39. The summed E-state index contributed by atoms with van der Waals surface area (Å²) in [7, 11) is 0. The quantitative estimate of drug-likeness (QED) is 0.918. The summed E-state index contributed by atoms with van der Waals surface area (Å²) >= 11 is 0. The predicted molar refractivity (Wildman–Crippen MR) is 73.2 cm³/mol. The first-order valence-electron chi connectivity index (χ1n) is 7.08. The van der Waals surface area contributed by atoms with Crippen molar-refractivity contribution in [3.8, 4) is 0 Å². The number of rotatable bonds is 4. The summed E-state index contributed by atoms with van der Waals surface area (Å²) in [6.45, 7) is 4.41. The monoisotopic (exact) mass is 286 g/mol. The molecule has 1 aliphatic rings. The molecule has 1 aliphatic heterocycles. The molecule has 1 saturated heterocycles. The van der Waals surface area contributed by atoms with Gasteiger partial charge in [-0.2, -0.15) is 13.2 Å². The topological polar surface area (TPSA) is 29.3 Å². The van der Waals surface area contributed by atoms with Gasteiger partial charge in [-0.05, 0) is 56.1 Å². The highest BCUT2D eigenvalue weighted by atomic mass is 19.4. The first-order chi connectivity index (χ1) is 9.47. The Balaban J connectivity index is 2.31. The van der Waals surface area contributed by atoms with Crippen LogP contribution >= 0.6 is 0 Å². The Morgan fingerprint density at radius 3 is 2.70 bits per heavy atom. The van der Waals surface area contributed by atoms with E-state index in [9.17, 15) is 13.2 Å². The van der Waals surface area contributed by atoms with Crippen LogP contribution in [-0.4, -0.2) is 24.5 Å². The van der Waals surface area contributed by atoms with E-state index in [1.165, 1.54) is 12.1 Å². The number of nitrogens with two attached hydrogens (primary N) is 1. The van der Waals surface area contributed by atoms with Gasteiger partial charge in [0.1, 0.15) is 0 Å². The molecule has 1 fully saturated rings. The Kier molecular flexibility index (Phi) is 4.70. The van der Waals surface area contributed by atoms with Gasteiger partial charge in [0.25, 0.3) is 0 Å². The summed E-state index contributed by atoms with van der Waals surface area (Å²) in [6, 6.07) is 5.70. The lowest BCUT2D eigenvalue weighted by molar-refractivity contribution is -0.137. The summed E-state index contributed by atoms with van der Waals surface area (Å²) in [5, 5.41) is 0.